The molecule has 11 nitrogen and oxygen atoms in total. The maximum absolute atomic E-state index is 12.5. The van der Waals surface area contributed by atoms with Gasteiger partial charge in [0.2, 0.25) is 17.5 Å². The largest absolute Gasteiger partial charge is 0.493 e. The van der Waals surface area contributed by atoms with Crippen LogP contribution in [0.4, 0.5) is 0 Å². The van der Waals surface area contributed by atoms with E-state index < -0.39 is 17.9 Å². The third-order valence-electron chi connectivity index (χ3n) is 5.38. The minimum absolute atomic E-state index is 0.103. The van der Waals surface area contributed by atoms with Crippen LogP contribution in [0.5, 0.6) is 17.2 Å². The van der Waals surface area contributed by atoms with Gasteiger partial charge in [0, 0.05) is 29.1 Å². The second-order valence-corrected chi connectivity index (χ2v) is 8.52. The normalized spacial score (nSPS) is 11.8. The van der Waals surface area contributed by atoms with Crippen LogP contribution in [0.3, 0.4) is 0 Å². The van der Waals surface area contributed by atoms with E-state index in [9.17, 15) is 14.7 Å². The van der Waals surface area contributed by atoms with Crippen molar-refractivity contribution in [3.05, 3.63) is 48.2 Å². The zero-order valence-corrected chi connectivity index (χ0v) is 20.5. The van der Waals surface area contributed by atoms with Gasteiger partial charge in [0.15, 0.2) is 11.5 Å². The van der Waals surface area contributed by atoms with E-state index in [0.717, 1.165) is 28.2 Å². The number of amides is 1. The van der Waals surface area contributed by atoms with Crippen molar-refractivity contribution in [2.24, 2.45) is 0 Å². The van der Waals surface area contributed by atoms with Crippen molar-refractivity contribution in [2.45, 2.75) is 17.7 Å². The first kappa shape index (κ1) is 24.9. The van der Waals surface area contributed by atoms with Crippen LogP contribution in [0, 0.1) is 0 Å². The molecule has 1 amide bonds. The number of rotatable bonds is 11. The Balaban J connectivity index is 1.40. The summed E-state index contributed by atoms with van der Waals surface area (Å²) in [6.45, 7) is 0. The number of thioether (sulfide) groups is 1. The van der Waals surface area contributed by atoms with E-state index in [1.807, 2.05) is 24.3 Å². The summed E-state index contributed by atoms with van der Waals surface area (Å²) in [5.41, 5.74) is 2.24. The quantitative estimate of drug-likeness (QED) is 0.256. The van der Waals surface area contributed by atoms with E-state index in [1.165, 1.54) is 21.3 Å². The van der Waals surface area contributed by atoms with Crippen molar-refractivity contribution < 1.29 is 33.3 Å². The lowest BCUT2D eigenvalue weighted by Crippen LogP contribution is -2.43. The summed E-state index contributed by atoms with van der Waals surface area (Å²) in [6.07, 6.45) is 1.90. The lowest BCUT2D eigenvalue weighted by Gasteiger charge is -2.13. The van der Waals surface area contributed by atoms with E-state index in [1.54, 1.807) is 18.3 Å². The Morgan fingerprint density at radius 2 is 1.83 bits per heavy atom. The molecule has 4 rings (SSSR count). The number of benzene rings is 2. The van der Waals surface area contributed by atoms with Crippen LogP contribution in [-0.4, -0.2) is 65.3 Å². The number of ether oxygens (including phenoxy) is 3. The van der Waals surface area contributed by atoms with E-state index in [2.05, 4.69) is 20.5 Å². The second kappa shape index (κ2) is 11.0. The van der Waals surface area contributed by atoms with Gasteiger partial charge in [-0.3, -0.25) is 4.79 Å². The number of hydrogen-bond acceptors (Lipinski definition) is 9. The number of carbonyl (C=O) groups is 2. The zero-order valence-electron chi connectivity index (χ0n) is 19.7. The molecule has 2 aromatic carbocycles. The number of carbonyl (C=O) groups excluding carboxylic acids is 1. The zero-order chi connectivity index (χ0) is 25.7. The Hall–Kier alpha value is -4.19. The molecule has 0 saturated carbocycles. The molecule has 0 radical (unpaired) electrons. The first-order chi connectivity index (χ1) is 17.4. The molecule has 0 spiro atoms. The van der Waals surface area contributed by atoms with Gasteiger partial charge in [-0.05, 0) is 23.8 Å². The number of carboxylic acid groups (broad SMARTS) is 1. The predicted octanol–water partition coefficient (Wildman–Crippen LogP) is 3.15. The van der Waals surface area contributed by atoms with Gasteiger partial charge in [0.05, 0.1) is 27.1 Å². The first-order valence-corrected chi connectivity index (χ1v) is 11.8. The van der Waals surface area contributed by atoms with Gasteiger partial charge in [-0.1, -0.05) is 30.0 Å². The van der Waals surface area contributed by atoms with Crippen molar-refractivity contribution >= 4 is 34.5 Å². The topological polar surface area (TPSA) is 149 Å². The molecule has 188 valence electrons. The van der Waals surface area contributed by atoms with Crippen LogP contribution < -0.4 is 19.5 Å². The standard InChI is InChI=1S/C24H24N4O7S/c1-32-18-9-13(10-19(33-2)21(18)34-3)22-27-28-24(35-22)36-12-20(29)26-17(23(30)31)8-14-11-25-16-7-5-4-6-15(14)16/h4-7,9-11,17,25H,8,12H2,1-3H3,(H,26,29)(H,30,31). The van der Waals surface area contributed by atoms with Gasteiger partial charge in [-0.25, -0.2) is 4.79 Å². The Labute approximate surface area is 210 Å². The van der Waals surface area contributed by atoms with Gasteiger partial charge >= 0.3 is 5.97 Å². The summed E-state index contributed by atoms with van der Waals surface area (Å²) < 4.78 is 21.7. The van der Waals surface area contributed by atoms with Crippen molar-refractivity contribution in [2.75, 3.05) is 27.1 Å². The van der Waals surface area contributed by atoms with Crippen molar-refractivity contribution in [1.82, 2.24) is 20.5 Å². The molecule has 0 bridgehead atoms. The summed E-state index contributed by atoms with van der Waals surface area (Å²) in [4.78, 5) is 27.4. The molecule has 4 aromatic rings. The maximum Gasteiger partial charge on any atom is 0.326 e. The Morgan fingerprint density at radius 3 is 2.50 bits per heavy atom. The number of para-hydroxylation sites is 1. The van der Waals surface area contributed by atoms with Gasteiger partial charge in [0.25, 0.3) is 5.22 Å². The molecule has 3 N–H and O–H groups in total. The van der Waals surface area contributed by atoms with E-state index in [0.29, 0.717) is 22.8 Å². The van der Waals surface area contributed by atoms with Crippen LogP contribution in [-0.2, 0) is 16.0 Å². The van der Waals surface area contributed by atoms with Crippen LogP contribution in [0.15, 0.2) is 52.2 Å². The molecule has 0 fully saturated rings. The Morgan fingerprint density at radius 1 is 1.11 bits per heavy atom. The van der Waals surface area contributed by atoms with E-state index in [4.69, 9.17) is 18.6 Å². The van der Waals surface area contributed by atoms with Crippen LogP contribution in [0.2, 0.25) is 0 Å². The minimum atomic E-state index is -1.12. The first-order valence-electron chi connectivity index (χ1n) is 10.8. The van der Waals surface area contributed by atoms with Gasteiger partial charge in [-0.2, -0.15) is 0 Å². The third-order valence-corrected chi connectivity index (χ3v) is 6.20. The number of fused-ring (bicyclic) bond motifs is 1. The van der Waals surface area contributed by atoms with Gasteiger partial charge < -0.3 is 34.0 Å². The van der Waals surface area contributed by atoms with Gasteiger partial charge in [0.1, 0.15) is 6.04 Å². The molecule has 1 atom stereocenters. The molecular formula is C24H24N4O7S. The highest BCUT2D eigenvalue weighted by Gasteiger charge is 2.23. The molecule has 36 heavy (non-hydrogen) atoms. The van der Waals surface area contributed by atoms with Crippen LogP contribution in [0.25, 0.3) is 22.4 Å². The number of H-pyrrole nitrogens is 1. The minimum Gasteiger partial charge on any atom is -0.493 e. The summed E-state index contributed by atoms with van der Waals surface area (Å²) in [5, 5.41) is 21.2. The fraction of sp³-hybridized carbons (Fsp3) is 0.250. The molecule has 0 saturated heterocycles. The lowest BCUT2D eigenvalue weighted by molar-refractivity contribution is -0.141. The molecule has 0 aliphatic rings. The SMILES string of the molecule is COc1cc(-c2nnc(SCC(=O)NC(Cc3c[nH]c4ccccc34)C(=O)O)o2)cc(OC)c1OC. The second-order valence-electron chi connectivity index (χ2n) is 7.60. The summed E-state index contributed by atoms with van der Waals surface area (Å²) in [6, 6.07) is 9.81. The highest BCUT2D eigenvalue weighted by atomic mass is 32.2. The van der Waals surface area contributed by atoms with E-state index in [-0.39, 0.29) is 23.3 Å². The fourth-order valence-electron chi connectivity index (χ4n) is 3.67. The summed E-state index contributed by atoms with van der Waals surface area (Å²) in [7, 11) is 4.50. The van der Waals surface area contributed by atoms with Crippen molar-refractivity contribution in [3.63, 3.8) is 0 Å². The highest BCUT2D eigenvalue weighted by molar-refractivity contribution is 7.99. The predicted molar refractivity (Wildman–Crippen MR) is 132 cm³/mol. The molecule has 2 heterocycles. The monoisotopic (exact) mass is 512 g/mol. The number of aromatic amines is 1. The number of aromatic nitrogens is 3. The number of nitrogens with zero attached hydrogens (tertiary/aromatic N) is 2. The van der Waals surface area contributed by atoms with Crippen LogP contribution in [0.1, 0.15) is 5.56 Å². The van der Waals surface area contributed by atoms with Crippen LogP contribution >= 0.6 is 11.8 Å². The lowest BCUT2D eigenvalue weighted by atomic mass is 10.1. The number of aliphatic carboxylic acids is 1. The number of hydrogen-bond donors (Lipinski definition) is 3. The maximum atomic E-state index is 12.5. The average molecular weight is 513 g/mol. The number of methoxy groups -OCH3 is 3. The summed E-state index contributed by atoms with van der Waals surface area (Å²) in [5.74, 6) is -0.229. The highest BCUT2D eigenvalue weighted by Crippen LogP contribution is 2.41. The third kappa shape index (κ3) is 5.38. The molecule has 1 unspecified atom stereocenters. The van der Waals surface area contributed by atoms with Crippen molar-refractivity contribution in [3.8, 4) is 28.7 Å². The fourth-order valence-corrected chi connectivity index (χ4v) is 4.25. The summed E-state index contributed by atoms with van der Waals surface area (Å²) >= 11 is 0.997. The molecular weight excluding hydrogens is 488 g/mol. The number of nitrogens with one attached hydrogen (secondary N) is 2. The van der Waals surface area contributed by atoms with Crippen molar-refractivity contribution in [1.29, 1.82) is 0 Å². The average Bonchev–Trinajstić information content (AvgIpc) is 3.53. The van der Waals surface area contributed by atoms with Gasteiger partial charge in [-0.15, -0.1) is 10.2 Å². The Kier molecular flexibility index (Phi) is 7.64. The molecule has 0 aliphatic heterocycles. The Bertz CT molecular complexity index is 1360. The number of carboxylic acids is 1. The molecule has 2 aromatic heterocycles. The molecule has 0 aliphatic carbocycles. The smallest absolute Gasteiger partial charge is 0.326 e. The van der Waals surface area contributed by atoms with E-state index >= 15 is 0 Å². The molecule has 12 heteroatoms.